The molecule has 2 aromatic rings. The number of carbonyl (C=O) groups is 2. The highest BCUT2D eigenvalue weighted by Gasteiger charge is 2.19. The van der Waals surface area contributed by atoms with E-state index in [0.29, 0.717) is 15.9 Å². The van der Waals surface area contributed by atoms with Gasteiger partial charge in [-0.1, -0.05) is 23.2 Å². The van der Waals surface area contributed by atoms with Crippen LogP contribution in [0.3, 0.4) is 0 Å². The number of anilines is 2. The van der Waals surface area contributed by atoms with Crippen LogP contribution in [0.25, 0.3) is 0 Å². The van der Waals surface area contributed by atoms with Crippen LogP contribution < -0.4 is 11.1 Å². The molecule has 1 atom stereocenters. The average Bonchev–Trinajstić information content (AvgIpc) is 2.52. The van der Waals surface area contributed by atoms with Crippen molar-refractivity contribution in [2.75, 3.05) is 11.1 Å². The number of pyridine rings is 1. The number of benzene rings is 1. The molecule has 1 aromatic heterocycles. The molecule has 0 saturated carbocycles. The number of nitrogens with one attached hydrogen (secondary N) is 1. The van der Waals surface area contributed by atoms with Gasteiger partial charge < -0.3 is 15.8 Å². The van der Waals surface area contributed by atoms with E-state index in [2.05, 4.69) is 10.3 Å². The summed E-state index contributed by atoms with van der Waals surface area (Å²) >= 11 is 11.5. The summed E-state index contributed by atoms with van der Waals surface area (Å²) in [7, 11) is 0. The minimum Gasteiger partial charge on any atom is -0.449 e. The number of halogens is 2. The molecule has 2 rings (SSSR count). The third-order valence-electron chi connectivity index (χ3n) is 2.86. The van der Waals surface area contributed by atoms with Gasteiger partial charge >= 0.3 is 5.97 Å². The smallest absolute Gasteiger partial charge is 0.338 e. The predicted octanol–water partition coefficient (Wildman–Crippen LogP) is 3.15. The summed E-state index contributed by atoms with van der Waals surface area (Å²) in [5, 5.41) is 3.30. The zero-order valence-electron chi connectivity index (χ0n) is 12.0. The van der Waals surface area contributed by atoms with Crippen LogP contribution in [0, 0.1) is 0 Å². The molecule has 0 aliphatic heterocycles. The Kier molecular flexibility index (Phi) is 5.41. The van der Waals surface area contributed by atoms with Crippen molar-refractivity contribution in [1.29, 1.82) is 0 Å². The van der Waals surface area contributed by atoms with E-state index >= 15 is 0 Å². The van der Waals surface area contributed by atoms with Crippen LogP contribution in [-0.4, -0.2) is 23.0 Å². The normalized spacial score (nSPS) is 11.6. The third-order valence-corrected chi connectivity index (χ3v) is 3.43. The van der Waals surface area contributed by atoms with E-state index in [4.69, 9.17) is 33.7 Å². The van der Waals surface area contributed by atoms with E-state index in [1.807, 2.05) is 0 Å². The van der Waals surface area contributed by atoms with Crippen molar-refractivity contribution < 1.29 is 14.3 Å². The standard InChI is InChI=1S/C15H13Cl2N3O3/c1-8(14(21)20-13-5-3-10(16)7-19-13)23-15(22)9-2-4-11(17)12(18)6-9/h2-8H,18H2,1H3,(H,19,20,21)/t8-/m0/s1. The van der Waals surface area contributed by atoms with E-state index in [0.717, 1.165) is 0 Å². The van der Waals surface area contributed by atoms with E-state index in [1.54, 1.807) is 6.07 Å². The van der Waals surface area contributed by atoms with Gasteiger partial charge in [-0.25, -0.2) is 9.78 Å². The van der Waals surface area contributed by atoms with Crippen molar-refractivity contribution >= 4 is 46.6 Å². The van der Waals surface area contributed by atoms with Crippen LogP contribution in [0.5, 0.6) is 0 Å². The highest BCUT2D eigenvalue weighted by atomic mass is 35.5. The van der Waals surface area contributed by atoms with E-state index < -0.39 is 18.0 Å². The summed E-state index contributed by atoms with van der Waals surface area (Å²) in [6.07, 6.45) is 0.376. The van der Waals surface area contributed by atoms with E-state index in [-0.39, 0.29) is 11.3 Å². The van der Waals surface area contributed by atoms with Crippen molar-refractivity contribution in [1.82, 2.24) is 4.98 Å². The minimum absolute atomic E-state index is 0.205. The topological polar surface area (TPSA) is 94.3 Å². The van der Waals surface area contributed by atoms with Crippen LogP contribution in [0.1, 0.15) is 17.3 Å². The number of nitrogen functional groups attached to an aromatic ring is 1. The lowest BCUT2D eigenvalue weighted by atomic mass is 10.2. The largest absolute Gasteiger partial charge is 0.449 e. The number of hydrogen-bond acceptors (Lipinski definition) is 5. The van der Waals surface area contributed by atoms with Gasteiger partial charge in [-0.3, -0.25) is 4.79 Å². The van der Waals surface area contributed by atoms with Crippen molar-refractivity contribution in [3.63, 3.8) is 0 Å². The first-order chi connectivity index (χ1) is 10.9. The number of hydrogen-bond donors (Lipinski definition) is 2. The van der Waals surface area contributed by atoms with Gasteiger partial charge in [0.05, 0.1) is 21.3 Å². The number of nitrogens with zero attached hydrogens (tertiary/aromatic N) is 1. The Balaban J connectivity index is 1.98. The Hall–Kier alpha value is -2.31. The van der Waals surface area contributed by atoms with Gasteiger partial charge in [0.1, 0.15) is 5.82 Å². The second-order valence-corrected chi connectivity index (χ2v) is 5.48. The first kappa shape index (κ1) is 17.1. The fraction of sp³-hybridized carbons (Fsp3) is 0.133. The van der Waals surface area contributed by atoms with Gasteiger partial charge in [-0.15, -0.1) is 0 Å². The molecule has 0 unspecified atom stereocenters. The summed E-state index contributed by atoms with van der Waals surface area (Å²) in [5.41, 5.74) is 6.08. The van der Waals surface area contributed by atoms with Crippen LogP contribution >= 0.6 is 23.2 Å². The molecule has 1 heterocycles. The maximum Gasteiger partial charge on any atom is 0.338 e. The van der Waals surface area contributed by atoms with Crippen LogP contribution in [-0.2, 0) is 9.53 Å². The molecule has 0 saturated heterocycles. The fourth-order valence-corrected chi connectivity index (χ4v) is 1.86. The Bertz CT molecular complexity index is 735. The molecule has 3 N–H and O–H groups in total. The predicted molar refractivity (Wildman–Crippen MR) is 88.6 cm³/mol. The number of rotatable bonds is 4. The molecule has 0 aliphatic rings. The Morgan fingerprint density at radius 3 is 2.61 bits per heavy atom. The number of nitrogens with two attached hydrogens (primary N) is 1. The molecular formula is C15H13Cl2N3O3. The van der Waals surface area contributed by atoms with Crippen LogP contribution in [0.4, 0.5) is 11.5 Å². The Labute approximate surface area is 142 Å². The summed E-state index contributed by atoms with van der Waals surface area (Å²) < 4.78 is 5.09. The molecule has 0 radical (unpaired) electrons. The lowest BCUT2D eigenvalue weighted by Gasteiger charge is -2.13. The van der Waals surface area contributed by atoms with Gasteiger partial charge in [-0.2, -0.15) is 0 Å². The number of esters is 1. The van der Waals surface area contributed by atoms with Gasteiger partial charge in [0.25, 0.3) is 5.91 Å². The highest BCUT2D eigenvalue weighted by molar-refractivity contribution is 6.33. The fourth-order valence-electron chi connectivity index (χ4n) is 1.63. The van der Waals surface area contributed by atoms with Gasteiger partial charge in [0.15, 0.2) is 6.10 Å². The second-order valence-electron chi connectivity index (χ2n) is 4.63. The Morgan fingerprint density at radius 2 is 2.00 bits per heavy atom. The number of aromatic nitrogens is 1. The van der Waals surface area contributed by atoms with Crippen molar-refractivity contribution in [3.8, 4) is 0 Å². The lowest BCUT2D eigenvalue weighted by Crippen LogP contribution is -2.30. The zero-order chi connectivity index (χ0) is 17.0. The zero-order valence-corrected chi connectivity index (χ0v) is 13.6. The molecular weight excluding hydrogens is 341 g/mol. The Morgan fingerprint density at radius 1 is 1.26 bits per heavy atom. The molecule has 1 amide bonds. The molecule has 1 aromatic carbocycles. The van der Waals surface area contributed by atoms with Crippen LogP contribution in [0.15, 0.2) is 36.5 Å². The highest BCUT2D eigenvalue weighted by Crippen LogP contribution is 2.20. The minimum atomic E-state index is -1.02. The first-order valence-corrected chi connectivity index (χ1v) is 7.31. The molecule has 6 nitrogen and oxygen atoms in total. The third kappa shape index (κ3) is 4.58. The molecule has 23 heavy (non-hydrogen) atoms. The SMILES string of the molecule is C[C@H](OC(=O)c1ccc(Cl)c(N)c1)C(=O)Nc1ccc(Cl)cn1. The van der Waals surface area contributed by atoms with Gasteiger partial charge in [0, 0.05) is 6.20 Å². The van der Waals surface area contributed by atoms with Crippen molar-refractivity contribution in [2.45, 2.75) is 13.0 Å². The molecule has 120 valence electrons. The van der Waals surface area contributed by atoms with Crippen molar-refractivity contribution in [3.05, 3.63) is 52.1 Å². The molecule has 0 fully saturated rings. The molecule has 0 aliphatic carbocycles. The summed E-state index contributed by atoms with van der Waals surface area (Å²) in [4.78, 5) is 27.9. The first-order valence-electron chi connectivity index (χ1n) is 6.55. The maximum absolute atomic E-state index is 12.0. The van der Waals surface area contributed by atoms with E-state index in [1.165, 1.54) is 37.4 Å². The summed E-state index contributed by atoms with van der Waals surface area (Å²) in [6.45, 7) is 1.45. The molecule has 0 bridgehead atoms. The maximum atomic E-state index is 12.0. The lowest BCUT2D eigenvalue weighted by molar-refractivity contribution is -0.123. The quantitative estimate of drug-likeness (QED) is 0.650. The monoisotopic (exact) mass is 353 g/mol. The number of amides is 1. The van der Waals surface area contributed by atoms with Gasteiger partial charge in [-0.05, 0) is 37.3 Å². The summed E-state index contributed by atoms with van der Waals surface area (Å²) in [6, 6.07) is 7.45. The summed E-state index contributed by atoms with van der Waals surface area (Å²) in [5.74, 6) is -0.895. The number of ether oxygens (including phenoxy) is 1. The molecule has 8 heteroatoms. The molecule has 0 spiro atoms. The average molecular weight is 354 g/mol. The second kappa shape index (κ2) is 7.30. The van der Waals surface area contributed by atoms with Gasteiger partial charge in [0.2, 0.25) is 0 Å². The van der Waals surface area contributed by atoms with Crippen LogP contribution in [0.2, 0.25) is 10.0 Å². The van der Waals surface area contributed by atoms with Crippen molar-refractivity contribution in [2.24, 2.45) is 0 Å². The number of carbonyl (C=O) groups excluding carboxylic acids is 2. The van der Waals surface area contributed by atoms with E-state index in [9.17, 15) is 9.59 Å².